The van der Waals surface area contributed by atoms with Crippen molar-refractivity contribution in [3.63, 3.8) is 0 Å². The molecular formula is C18H26Cl2O2S. The maximum atomic E-state index is 11.2. The van der Waals surface area contributed by atoms with Crippen molar-refractivity contribution >= 4 is 40.9 Å². The SMILES string of the molecule is CCOC(=O)CCCSCCCCCCc1ccc(Cl)cc1Cl. The highest BCUT2D eigenvalue weighted by Gasteiger charge is 2.02. The highest BCUT2D eigenvalue weighted by Crippen LogP contribution is 2.22. The average Bonchev–Trinajstić information content (AvgIpc) is 2.51. The van der Waals surface area contributed by atoms with Gasteiger partial charge in [-0.05, 0) is 61.8 Å². The summed E-state index contributed by atoms with van der Waals surface area (Å²) >= 11 is 14.0. The number of aryl methyl sites for hydroxylation is 1. The van der Waals surface area contributed by atoms with Crippen LogP contribution in [0.5, 0.6) is 0 Å². The number of hydrogen-bond donors (Lipinski definition) is 0. The van der Waals surface area contributed by atoms with E-state index >= 15 is 0 Å². The van der Waals surface area contributed by atoms with E-state index in [0.717, 1.165) is 30.0 Å². The Labute approximate surface area is 154 Å². The molecule has 0 spiro atoms. The molecule has 5 heteroatoms. The van der Waals surface area contributed by atoms with Crippen LogP contribution in [-0.2, 0) is 16.0 Å². The van der Waals surface area contributed by atoms with Gasteiger partial charge in [-0.2, -0.15) is 11.8 Å². The van der Waals surface area contributed by atoms with E-state index < -0.39 is 0 Å². The number of carbonyl (C=O) groups excluding carboxylic acids is 1. The van der Waals surface area contributed by atoms with E-state index in [0.29, 0.717) is 18.1 Å². The number of rotatable bonds is 12. The smallest absolute Gasteiger partial charge is 0.305 e. The number of halogens is 2. The number of thioether (sulfide) groups is 1. The lowest BCUT2D eigenvalue weighted by Gasteiger charge is -2.05. The van der Waals surface area contributed by atoms with Gasteiger partial charge in [0.05, 0.1) is 6.61 Å². The van der Waals surface area contributed by atoms with Gasteiger partial charge >= 0.3 is 5.97 Å². The van der Waals surface area contributed by atoms with Gasteiger partial charge in [0.1, 0.15) is 0 Å². The van der Waals surface area contributed by atoms with Crippen LogP contribution >= 0.6 is 35.0 Å². The molecule has 0 unspecified atom stereocenters. The number of esters is 1. The summed E-state index contributed by atoms with van der Waals surface area (Å²) in [6.45, 7) is 2.32. The zero-order chi connectivity index (χ0) is 16.9. The number of benzene rings is 1. The Kier molecular flexibility index (Phi) is 11.7. The van der Waals surface area contributed by atoms with Crippen molar-refractivity contribution in [2.24, 2.45) is 0 Å². The van der Waals surface area contributed by atoms with Crippen LogP contribution in [0, 0.1) is 0 Å². The largest absolute Gasteiger partial charge is 0.466 e. The van der Waals surface area contributed by atoms with Crippen molar-refractivity contribution in [1.29, 1.82) is 0 Å². The van der Waals surface area contributed by atoms with Gasteiger partial charge in [0, 0.05) is 16.5 Å². The summed E-state index contributed by atoms with van der Waals surface area (Å²) in [5.41, 5.74) is 1.18. The fourth-order valence-electron chi connectivity index (χ4n) is 2.25. The Hall–Kier alpha value is -0.380. The van der Waals surface area contributed by atoms with E-state index in [1.165, 1.54) is 30.6 Å². The lowest BCUT2D eigenvalue weighted by Crippen LogP contribution is -2.03. The monoisotopic (exact) mass is 376 g/mol. The summed E-state index contributed by atoms with van der Waals surface area (Å²) in [5, 5.41) is 1.47. The molecular weight excluding hydrogens is 351 g/mol. The predicted molar refractivity (Wildman–Crippen MR) is 102 cm³/mol. The minimum absolute atomic E-state index is 0.0750. The van der Waals surface area contributed by atoms with Crippen LogP contribution in [0.2, 0.25) is 10.0 Å². The third-order valence-electron chi connectivity index (χ3n) is 3.47. The van der Waals surface area contributed by atoms with Crippen molar-refractivity contribution in [2.75, 3.05) is 18.1 Å². The summed E-state index contributed by atoms with van der Waals surface area (Å²) in [6.07, 6.45) is 7.34. The van der Waals surface area contributed by atoms with Gasteiger partial charge < -0.3 is 4.74 Å². The molecule has 0 fully saturated rings. The second-order valence-corrected chi connectivity index (χ2v) is 7.49. The molecule has 0 aliphatic carbocycles. The second kappa shape index (κ2) is 13.0. The summed E-state index contributed by atoms with van der Waals surface area (Å²) in [6, 6.07) is 5.73. The van der Waals surface area contributed by atoms with Gasteiger partial charge in [-0.3, -0.25) is 4.79 Å². The number of hydrogen-bond acceptors (Lipinski definition) is 3. The Bertz CT molecular complexity index is 466. The van der Waals surface area contributed by atoms with Crippen molar-refractivity contribution in [3.05, 3.63) is 33.8 Å². The molecule has 1 aromatic rings. The first-order valence-corrected chi connectivity index (χ1v) is 10.2. The number of carbonyl (C=O) groups is 1. The fourth-order valence-corrected chi connectivity index (χ4v) is 3.72. The molecule has 0 aliphatic rings. The molecule has 0 amide bonds. The molecule has 130 valence electrons. The summed E-state index contributed by atoms with van der Waals surface area (Å²) in [4.78, 5) is 11.2. The quantitative estimate of drug-likeness (QED) is 0.322. The third kappa shape index (κ3) is 10.2. The highest BCUT2D eigenvalue weighted by atomic mass is 35.5. The summed E-state index contributed by atoms with van der Waals surface area (Å²) < 4.78 is 4.90. The van der Waals surface area contributed by atoms with Crippen LogP contribution in [0.25, 0.3) is 0 Å². The minimum Gasteiger partial charge on any atom is -0.466 e. The fraction of sp³-hybridized carbons (Fsp3) is 0.611. The Morgan fingerprint density at radius 3 is 2.57 bits per heavy atom. The van der Waals surface area contributed by atoms with E-state index in [4.69, 9.17) is 27.9 Å². The van der Waals surface area contributed by atoms with Crippen LogP contribution in [0.4, 0.5) is 0 Å². The molecule has 0 aromatic heterocycles. The van der Waals surface area contributed by atoms with Crippen LogP contribution in [0.15, 0.2) is 18.2 Å². The molecule has 23 heavy (non-hydrogen) atoms. The van der Waals surface area contributed by atoms with Crippen molar-refractivity contribution in [1.82, 2.24) is 0 Å². The summed E-state index contributed by atoms with van der Waals surface area (Å²) in [5.74, 6) is 2.14. The Morgan fingerprint density at radius 1 is 1.09 bits per heavy atom. The van der Waals surface area contributed by atoms with Gasteiger partial charge in [0.2, 0.25) is 0 Å². The first-order valence-electron chi connectivity index (χ1n) is 8.30. The maximum absolute atomic E-state index is 11.2. The zero-order valence-corrected chi connectivity index (χ0v) is 16.1. The van der Waals surface area contributed by atoms with Crippen LogP contribution < -0.4 is 0 Å². The molecule has 0 heterocycles. The van der Waals surface area contributed by atoms with Gasteiger partial charge in [0.15, 0.2) is 0 Å². The second-order valence-electron chi connectivity index (χ2n) is 5.42. The van der Waals surface area contributed by atoms with Gasteiger partial charge in [-0.25, -0.2) is 0 Å². The molecule has 0 aliphatic heterocycles. The van der Waals surface area contributed by atoms with E-state index in [-0.39, 0.29) is 5.97 Å². The number of ether oxygens (including phenoxy) is 1. The van der Waals surface area contributed by atoms with Crippen LogP contribution in [-0.4, -0.2) is 24.1 Å². The Balaban J connectivity index is 1.93. The molecule has 0 saturated carbocycles. The standard InChI is InChI=1S/C18H26Cl2O2S/c1-2-22-18(21)9-7-13-23-12-6-4-3-5-8-15-10-11-16(19)14-17(15)20/h10-11,14H,2-9,12-13H2,1H3. The van der Waals surface area contributed by atoms with E-state index in [1.54, 1.807) is 0 Å². The van der Waals surface area contributed by atoms with Gasteiger partial charge in [0.25, 0.3) is 0 Å². The number of unbranched alkanes of at least 4 members (excludes halogenated alkanes) is 3. The zero-order valence-electron chi connectivity index (χ0n) is 13.8. The average molecular weight is 377 g/mol. The Morgan fingerprint density at radius 2 is 1.83 bits per heavy atom. The topological polar surface area (TPSA) is 26.3 Å². The molecule has 1 rings (SSSR count). The van der Waals surface area contributed by atoms with E-state index in [2.05, 4.69) is 0 Å². The summed E-state index contributed by atoms with van der Waals surface area (Å²) in [7, 11) is 0. The predicted octanol–water partition coefficient (Wildman–Crippen LogP) is 6.17. The molecule has 1 aromatic carbocycles. The maximum Gasteiger partial charge on any atom is 0.305 e. The molecule has 0 N–H and O–H groups in total. The van der Waals surface area contributed by atoms with Crippen molar-refractivity contribution < 1.29 is 9.53 Å². The van der Waals surface area contributed by atoms with E-state index in [1.807, 2.05) is 36.9 Å². The molecule has 0 saturated heterocycles. The molecule has 2 nitrogen and oxygen atoms in total. The molecule has 0 bridgehead atoms. The lowest BCUT2D eigenvalue weighted by molar-refractivity contribution is -0.143. The minimum atomic E-state index is -0.0750. The third-order valence-corrected chi connectivity index (χ3v) is 5.22. The first kappa shape index (κ1) is 20.7. The molecule has 0 radical (unpaired) electrons. The normalized spacial score (nSPS) is 10.7. The van der Waals surface area contributed by atoms with Gasteiger partial charge in [-0.1, -0.05) is 42.1 Å². The lowest BCUT2D eigenvalue weighted by atomic mass is 10.1. The van der Waals surface area contributed by atoms with Crippen LogP contribution in [0.3, 0.4) is 0 Å². The van der Waals surface area contributed by atoms with Crippen molar-refractivity contribution in [2.45, 2.75) is 51.9 Å². The highest BCUT2D eigenvalue weighted by molar-refractivity contribution is 7.99. The first-order chi connectivity index (χ1) is 11.1. The van der Waals surface area contributed by atoms with Gasteiger partial charge in [-0.15, -0.1) is 0 Å². The molecule has 0 atom stereocenters. The van der Waals surface area contributed by atoms with Crippen molar-refractivity contribution in [3.8, 4) is 0 Å². The van der Waals surface area contributed by atoms with Crippen LogP contribution in [0.1, 0.15) is 51.0 Å². The van der Waals surface area contributed by atoms with E-state index in [9.17, 15) is 4.79 Å².